The molecule has 1 aliphatic carbocycles. The van der Waals surface area contributed by atoms with Gasteiger partial charge in [0.05, 0.1) is 0 Å². The topological polar surface area (TPSA) is 0 Å². The van der Waals surface area contributed by atoms with Gasteiger partial charge in [0.25, 0.3) is 5.92 Å². The second-order valence-electron chi connectivity index (χ2n) is 5.56. The van der Waals surface area contributed by atoms with Crippen molar-refractivity contribution < 1.29 is 61.5 Å². The van der Waals surface area contributed by atoms with Crippen LogP contribution in [0.25, 0.3) is 0 Å². The van der Waals surface area contributed by atoms with Crippen molar-refractivity contribution in [3.8, 4) is 0 Å². The SMILES string of the molecule is [CH2]CC1C[CH]C(F)(F)C1(F)C(F)(F)C(F)(F)C(F)(F)C(F)(F)C(F)(F)F. The van der Waals surface area contributed by atoms with Crippen LogP contribution in [-0.4, -0.2) is 41.5 Å². The Morgan fingerprint density at radius 3 is 1.54 bits per heavy atom. The molecule has 0 aromatic heterocycles. The molecule has 0 N–H and O–H groups in total. The Balaban J connectivity index is 3.64. The van der Waals surface area contributed by atoms with Crippen molar-refractivity contribution in [2.45, 2.75) is 54.3 Å². The summed E-state index contributed by atoms with van der Waals surface area (Å²) in [5.41, 5.74) is -5.88. The summed E-state index contributed by atoms with van der Waals surface area (Å²) in [6.07, 6.45) is -10.7. The molecule has 1 fully saturated rings. The Kier molecular flexibility index (Phi) is 5.11. The monoisotopic (exact) mass is 418 g/mol. The van der Waals surface area contributed by atoms with E-state index < -0.39 is 66.6 Å². The molecule has 14 heteroatoms. The first kappa shape index (κ1) is 23.1. The van der Waals surface area contributed by atoms with Crippen molar-refractivity contribution >= 4 is 0 Å². The maximum atomic E-state index is 14.3. The van der Waals surface area contributed by atoms with Gasteiger partial charge in [-0.3, -0.25) is 0 Å². The van der Waals surface area contributed by atoms with E-state index in [4.69, 9.17) is 0 Å². The zero-order valence-electron chi connectivity index (χ0n) is 12.1. The van der Waals surface area contributed by atoms with Crippen molar-refractivity contribution in [2.24, 2.45) is 5.92 Å². The summed E-state index contributed by atoms with van der Waals surface area (Å²) in [5, 5.41) is 0. The van der Waals surface area contributed by atoms with E-state index in [1.807, 2.05) is 0 Å². The van der Waals surface area contributed by atoms with Gasteiger partial charge in [0, 0.05) is 12.3 Å². The highest BCUT2D eigenvalue weighted by molar-refractivity contribution is 5.24. The predicted octanol–water partition coefficient (Wildman–Crippen LogP) is 5.88. The molecule has 0 aliphatic heterocycles. The maximum Gasteiger partial charge on any atom is 0.460 e. The van der Waals surface area contributed by atoms with Crippen LogP contribution >= 0.6 is 0 Å². The van der Waals surface area contributed by atoms with Crippen LogP contribution in [0.5, 0.6) is 0 Å². The molecule has 1 aliphatic rings. The zero-order valence-corrected chi connectivity index (χ0v) is 12.1. The van der Waals surface area contributed by atoms with E-state index in [9.17, 15) is 61.5 Å². The van der Waals surface area contributed by atoms with Crippen LogP contribution < -0.4 is 0 Å². The van der Waals surface area contributed by atoms with Crippen molar-refractivity contribution in [1.82, 2.24) is 0 Å². The lowest BCUT2D eigenvalue weighted by Crippen LogP contribution is -2.73. The summed E-state index contributed by atoms with van der Waals surface area (Å²) in [7, 11) is 0. The van der Waals surface area contributed by atoms with Crippen molar-refractivity contribution in [2.75, 3.05) is 0 Å². The highest BCUT2D eigenvalue weighted by Gasteiger charge is 2.93. The van der Waals surface area contributed by atoms with Crippen LogP contribution in [0.15, 0.2) is 0 Å². The maximum absolute atomic E-state index is 14.3. The third-order valence-electron chi connectivity index (χ3n) is 4.05. The van der Waals surface area contributed by atoms with E-state index in [1.54, 1.807) is 0 Å². The first-order chi connectivity index (χ1) is 11.2. The number of hydrogen-bond acceptors (Lipinski definition) is 0. The molecule has 154 valence electrons. The molecule has 2 unspecified atom stereocenters. The first-order valence-corrected chi connectivity index (χ1v) is 6.45. The summed E-state index contributed by atoms with van der Waals surface area (Å²) in [6, 6.07) is 0. The Labute approximate surface area is 136 Å². The minimum absolute atomic E-state index is 0.590. The fraction of sp³-hybridized carbons (Fsp3) is 0.833. The normalized spacial score (nSPS) is 28.5. The summed E-state index contributed by atoms with van der Waals surface area (Å²) in [4.78, 5) is 0. The summed E-state index contributed by atoms with van der Waals surface area (Å²) in [5.74, 6) is -39.3. The lowest BCUT2D eigenvalue weighted by Gasteiger charge is -2.44. The van der Waals surface area contributed by atoms with Gasteiger partial charge in [0.15, 0.2) is 0 Å². The fourth-order valence-corrected chi connectivity index (χ4v) is 2.46. The number of halogens is 14. The van der Waals surface area contributed by atoms with E-state index in [-0.39, 0.29) is 0 Å². The molecule has 0 heterocycles. The Hall–Kier alpha value is -0.980. The molecule has 2 atom stereocenters. The van der Waals surface area contributed by atoms with Crippen LogP contribution in [0.2, 0.25) is 0 Å². The van der Waals surface area contributed by atoms with Crippen LogP contribution in [0, 0.1) is 19.3 Å². The van der Waals surface area contributed by atoms with E-state index in [1.165, 1.54) is 0 Å². The summed E-state index contributed by atoms with van der Waals surface area (Å²) in [6.45, 7) is 2.69. The molecule has 0 aromatic carbocycles. The lowest BCUT2D eigenvalue weighted by molar-refractivity contribution is -0.440. The van der Waals surface area contributed by atoms with Crippen molar-refractivity contribution in [3.63, 3.8) is 0 Å². The molecular formula is C12H8F14. The number of alkyl halides is 14. The number of rotatable bonds is 5. The highest BCUT2D eigenvalue weighted by Crippen LogP contribution is 2.66. The van der Waals surface area contributed by atoms with Crippen LogP contribution in [-0.2, 0) is 0 Å². The number of hydrogen-bond donors (Lipinski definition) is 0. The van der Waals surface area contributed by atoms with Gasteiger partial charge in [-0.25, -0.2) is 13.2 Å². The third-order valence-corrected chi connectivity index (χ3v) is 4.05. The van der Waals surface area contributed by atoms with E-state index in [0.29, 0.717) is 0 Å². The van der Waals surface area contributed by atoms with Crippen molar-refractivity contribution in [3.05, 3.63) is 13.3 Å². The predicted molar refractivity (Wildman–Crippen MR) is 57.0 cm³/mol. The van der Waals surface area contributed by atoms with Gasteiger partial charge < -0.3 is 0 Å². The smallest absolute Gasteiger partial charge is 0.230 e. The van der Waals surface area contributed by atoms with Crippen LogP contribution in [0.3, 0.4) is 0 Å². The molecule has 0 amide bonds. The quantitative estimate of drug-likeness (QED) is 0.489. The molecule has 0 bridgehead atoms. The molecule has 0 saturated heterocycles. The molecule has 1 saturated carbocycles. The second kappa shape index (κ2) is 5.76. The molecule has 1 rings (SSSR count). The molecule has 0 nitrogen and oxygen atoms in total. The lowest BCUT2D eigenvalue weighted by atomic mass is 9.78. The third kappa shape index (κ3) is 2.49. The van der Waals surface area contributed by atoms with E-state index >= 15 is 0 Å². The largest absolute Gasteiger partial charge is 0.460 e. The highest BCUT2D eigenvalue weighted by atomic mass is 19.4. The van der Waals surface area contributed by atoms with Crippen LogP contribution in [0.4, 0.5) is 61.5 Å². The van der Waals surface area contributed by atoms with Gasteiger partial charge >= 0.3 is 29.9 Å². The minimum Gasteiger partial charge on any atom is -0.230 e. The molecule has 26 heavy (non-hydrogen) atoms. The van der Waals surface area contributed by atoms with E-state index in [2.05, 4.69) is 6.92 Å². The van der Waals surface area contributed by atoms with Gasteiger partial charge in [-0.05, 0) is 12.8 Å². The first-order valence-electron chi connectivity index (χ1n) is 6.45. The Morgan fingerprint density at radius 2 is 1.19 bits per heavy atom. The van der Waals surface area contributed by atoms with Crippen LogP contribution in [0.1, 0.15) is 12.8 Å². The Bertz CT molecular complexity index is 533. The van der Waals surface area contributed by atoms with Gasteiger partial charge in [-0.2, -0.15) is 48.3 Å². The Morgan fingerprint density at radius 1 is 0.769 bits per heavy atom. The average molecular weight is 418 g/mol. The van der Waals surface area contributed by atoms with Crippen molar-refractivity contribution in [1.29, 1.82) is 0 Å². The van der Waals surface area contributed by atoms with Gasteiger partial charge in [-0.15, -0.1) is 0 Å². The average Bonchev–Trinajstić information content (AvgIpc) is 2.68. The standard InChI is InChI=1S/C12H8F14/c1-2-5-3-4-6(13,14)7(5,15)8(16,17)9(18,19)10(20,21)11(22,23)12(24,25)26/h4-5H,1-3H2. The fourth-order valence-electron chi connectivity index (χ4n) is 2.46. The van der Waals surface area contributed by atoms with Gasteiger partial charge in [0.1, 0.15) is 0 Å². The summed E-state index contributed by atoms with van der Waals surface area (Å²) >= 11 is 0. The molecule has 0 spiro atoms. The summed E-state index contributed by atoms with van der Waals surface area (Å²) < 4.78 is 183. The molecule has 0 aromatic rings. The second-order valence-corrected chi connectivity index (χ2v) is 5.56. The minimum atomic E-state index is -7.95. The molecule has 2 radical (unpaired) electrons. The van der Waals surface area contributed by atoms with Gasteiger partial charge in [-0.1, -0.05) is 6.92 Å². The van der Waals surface area contributed by atoms with E-state index in [0.717, 1.165) is 0 Å². The van der Waals surface area contributed by atoms with Gasteiger partial charge in [0.2, 0.25) is 5.67 Å². The zero-order chi connectivity index (χ0) is 21.2. The molecular weight excluding hydrogens is 410 g/mol.